The van der Waals surface area contributed by atoms with E-state index in [-0.39, 0.29) is 44.0 Å². The lowest BCUT2D eigenvalue weighted by Gasteiger charge is -2.40. The van der Waals surface area contributed by atoms with Crippen molar-refractivity contribution >= 4 is 78.3 Å². The lowest BCUT2D eigenvalue weighted by atomic mass is 10.0. The van der Waals surface area contributed by atoms with Crippen molar-refractivity contribution in [1.29, 1.82) is 0 Å². The smallest absolute Gasteiger partial charge is 0.310 e. The SMILES string of the molecule is O=C(Nc1ccc(F)cc1F)c1cc(CC(=O)C2C(c3cc(Br)cc(S(F)(F)(F)(F)F)c3)C2(Cl)Cl)ccc1Cl. The van der Waals surface area contributed by atoms with Crippen LogP contribution in [0, 0.1) is 17.6 Å². The molecule has 0 spiro atoms. The molecule has 0 aromatic heterocycles. The molecule has 0 bridgehead atoms. The Balaban J connectivity index is 1.56. The van der Waals surface area contributed by atoms with Gasteiger partial charge in [-0.1, -0.05) is 53.0 Å². The van der Waals surface area contributed by atoms with Gasteiger partial charge in [0.1, 0.15) is 26.6 Å². The molecule has 1 aliphatic rings. The minimum Gasteiger partial charge on any atom is -0.319 e. The second-order valence-electron chi connectivity index (χ2n) is 8.85. The van der Waals surface area contributed by atoms with Crippen LogP contribution in [-0.2, 0) is 11.2 Å². The number of halogens is 11. The van der Waals surface area contributed by atoms with Gasteiger partial charge in [-0.2, -0.15) is 0 Å². The summed E-state index contributed by atoms with van der Waals surface area (Å²) in [6.07, 6.45) is -0.396. The summed E-state index contributed by atoms with van der Waals surface area (Å²) in [6.45, 7) is 0. The lowest BCUT2D eigenvalue weighted by molar-refractivity contribution is -0.119. The number of amides is 1. The van der Waals surface area contributed by atoms with Gasteiger partial charge in [-0.3, -0.25) is 9.59 Å². The van der Waals surface area contributed by atoms with Gasteiger partial charge in [0.15, 0.2) is 0 Å². The van der Waals surface area contributed by atoms with Crippen LogP contribution >= 0.6 is 61.0 Å². The molecule has 1 amide bonds. The summed E-state index contributed by atoms with van der Waals surface area (Å²) in [5.74, 6) is -5.87. The zero-order valence-corrected chi connectivity index (χ0v) is 23.6. The van der Waals surface area contributed by atoms with Crippen molar-refractivity contribution < 1.29 is 37.8 Å². The summed E-state index contributed by atoms with van der Waals surface area (Å²) in [5, 5.41) is 2.18. The average molecular weight is 700 g/mol. The van der Waals surface area contributed by atoms with Crippen LogP contribution in [0.5, 0.6) is 0 Å². The molecule has 0 saturated heterocycles. The first-order chi connectivity index (χ1) is 17.7. The van der Waals surface area contributed by atoms with E-state index >= 15 is 0 Å². The third kappa shape index (κ3) is 6.51. The molecule has 2 atom stereocenters. The summed E-state index contributed by atoms with van der Waals surface area (Å²) < 4.78 is 91.9. The highest BCUT2D eigenvalue weighted by Gasteiger charge is 2.69. The number of nitrogens with one attached hydrogen (secondary N) is 1. The van der Waals surface area contributed by atoms with Gasteiger partial charge in [0.05, 0.1) is 22.2 Å². The van der Waals surface area contributed by atoms with Crippen LogP contribution in [-0.4, -0.2) is 16.0 Å². The maximum atomic E-state index is 13.9. The minimum absolute atomic E-state index is 0.0581. The Bertz CT molecular complexity index is 1540. The number of benzene rings is 3. The predicted octanol–water partition coefficient (Wildman–Crippen LogP) is 9.99. The molecule has 0 heterocycles. The molecular weight excluding hydrogens is 686 g/mol. The van der Waals surface area contributed by atoms with E-state index in [1.807, 2.05) is 0 Å². The van der Waals surface area contributed by atoms with Crippen molar-refractivity contribution in [2.24, 2.45) is 5.92 Å². The normalized spacial score (nSPS) is 20.1. The van der Waals surface area contributed by atoms with E-state index in [9.17, 15) is 37.8 Å². The molecule has 39 heavy (non-hydrogen) atoms. The highest BCUT2D eigenvalue weighted by molar-refractivity contribution is 9.10. The van der Waals surface area contributed by atoms with Crippen molar-refractivity contribution in [2.45, 2.75) is 21.6 Å². The predicted molar refractivity (Wildman–Crippen MR) is 141 cm³/mol. The number of carbonyl (C=O) groups excluding carboxylic acids is 2. The van der Waals surface area contributed by atoms with Gasteiger partial charge in [0.25, 0.3) is 5.91 Å². The van der Waals surface area contributed by atoms with Crippen molar-refractivity contribution in [2.75, 3.05) is 5.32 Å². The minimum atomic E-state index is -10.0. The topological polar surface area (TPSA) is 46.2 Å². The van der Waals surface area contributed by atoms with Crippen molar-refractivity contribution in [3.05, 3.63) is 92.4 Å². The molecule has 210 valence electrons. The van der Waals surface area contributed by atoms with Crippen LogP contribution in [0.1, 0.15) is 27.4 Å². The Morgan fingerprint density at radius 1 is 0.949 bits per heavy atom. The Morgan fingerprint density at radius 2 is 1.62 bits per heavy atom. The second-order valence-corrected chi connectivity index (χ2v) is 14.0. The van der Waals surface area contributed by atoms with Crippen LogP contribution in [0.4, 0.5) is 33.9 Å². The third-order valence-electron chi connectivity index (χ3n) is 5.93. The van der Waals surface area contributed by atoms with Gasteiger partial charge in [0.2, 0.25) is 0 Å². The molecular formula is C24H14BrCl3F7NO2S. The van der Waals surface area contributed by atoms with Crippen LogP contribution in [0.3, 0.4) is 0 Å². The number of ketones is 1. The molecule has 1 fully saturated rings. The first-order valence-electron chi connectivity index (χ1n) is 10.7. The fourth-order valence-electron chi connectivity index (χ4n) is 4.08. The Morgan fingerprint density at radius 3 is 2.23 bits per heavy atom. The van der Waals surface area contributed by atoms with Crippen molar-refractivity contribution in [3.8, 4) is 0 Å². The lowest BCUT2D eigenvalue weighted by Crippen LogP contribution is -2.15. The van der Waals surface area contributed by atoms with Gasteiger partial charge in [-0.15, -0.1) is 23.2 Å². The van der Waals surface area contributed by atoms with Gasteiger partial charge >= 0.3 is 10.2 Å². The molecule has 1 N–H and O–H groups in total. The van der Waals surface area contributed by atoms with E-state index in [0.717, 1.165) is 18.2 Å². The molecule has 3 aromatic carbocycles. The van der Waals surface area contributed by atoms with Crippen LogP contribution in [0.25, 0.3) is 0 Å². The molecule has 15 heteroatoms. The Kier molecular flexibility index (Phi) is 7.12. The van der Waals surface area contributed by atoms with E-state index < -0.39 is 61.0 Å². The fourth-order valence-corrected chi connectivity index (χ4v) is 6.52. The standard InChI is InChI=1S/C24H14BrCl3F7NO2S/c25-13-7-12(8-15(9-13)39(31,32,33,34)35)21-22(24(21,27)28)20(37)6-11-1-3-17(26)16(5-11)23(38)36-19-4-2-14(29)10-18(19)30/h1-5,7-10,21-22H,6H2,(H,36,38). The number of rotatable bonds is 7. The van der Waals surface area contributed by atoms with Crippen LogP contribution in [0.15, 0.2) is 64.0 Å². The van der Waals surface area contributed by atoms with E-state index in [1.54, 1.807) is 0 Å². The maximum absolute atomic E-state index is 13.9. The summed E-state index contributed by atoms with van der Waals surface area (Å²) in [7, 11) is -10.0. The monoisotopic (exact) mass is 697 g/mol. The van der Waals surface area contributed by atoms with Crippen LogP contribution < -0.4 is 5.32 Å². The highest BCUT2D eigenvalue weighted by Crippen LogP contribution is 3.02. The second kappa shape index (κ2) is 9.27. The number of anilines is 1. The first kappa shape index (κ1) is 30.0. The largest absolute Gasteiger partial charge is 0.319 e. The zero-order chi connectivity index (χ0) is 29.2. The Labute approximate surface area is 240 Å². The Hall–Kier alpha value is -1.99. The first-order valence-corrected chi connectivity index (χ1v) is 14.5. The molecule has 3 nitrogen and oxygen atoms in total. The fraction of sp³-hybridized carbons (Fsp3) is 0.167. The molecule has 4 rings (SSSR count). The van der Waals surface area contributed by atoms with E-state index in [1.165, 1.54) is 18.2 Å². The van der Waals surface area contributed by atoms with Gasteiger partial charge in [-0.25, -0.2) is 8.78 Å². The molecule has 1 aliphatic carbocycles. The molecule has 2 unspecified atom stereocenters. The number of Topliss-reactive ketones (excluding diaryl/α,β-unsaturated/α-hetero) is 1. The van der Waals surface area contributed by atoms with E-state index in [2.05, 4.69) is 21.2 Å². The highest BCUT2D eigenvalue weighted by atomic mass is 79.9. The summed E-state index contributed by atoms with van der Waals surface area (Å²) >= 11 is 21.3. The zero-order valence-electron chi connectivity index (χ0n) is 18.9. The summed E-state index contributed by atoms with van der Waals surface area (Å²) in [4.78, 5) is 23.5. The molecule has 0 aliphatic heterocycles. The van der Waals surface area contributed by atoms with Gasteiger partial charge in [0, 0.05) is 22.9 Å². The number of hydrogen-bond acceptors (Lipinski definition) is 2. The van der Waals surface area contributed by atoms with Crippen LogP contribution in [0.2, 0.25) is 5.02 Å². The molecule has 3 aromatic rings. The summed E-state index contributed by atoms with van der Waals surface area (Å²) in [6, 6.07) is 7.97. The number of hydrogen-bond donors (Lipinski definition) is 1. The average Bonchev–Trinajstić information content (AvgIpc) is 3.37. The number of alkyl halides is 2. The quantitative estimate of drug-likeness (QED) is 0.197. The van der Waals surface area contributed by atoms with Gasteiger partial charge in [-0.05, 0) is 53.6 Å². The number of carbonyl (C=O) groups is 2. The van der Waals surface area contributed by atoms with E-state index in [0.29, 0.717) is 6.07 Å². The maximum Gasteiger partial charge on any atom is 0.310 e. The van der Waals surface area contributed by atoms with Crippen molar-refractivity contribution in [1.82, 2.24) is 0 Å². The van der Waals surface area contributed by atoms with E-state index in [4.69, 9.17) is 34.8 Å². The molecule has 0 radical (unpaired) electrons. The third-order valence-corrected chi connectivity index (χ3v) is 8.79. The van der Waals surface area contributed by atoms with Crippen molar-refractivity contribution in [3.63, 3.8) is 0 Å². The summed E-state index contributed by atoms with van der Waals surface area (Å²) in [5.41, 5.74) is -0.568. The van der Waals surface area contributed by atoms with Gasteiger partial charge < -0.3 is 5.32 Å². The molecule has 1 saturated carbocycles.